The van der Waals surface area contributed by atoms with Gasteiger partial charge in [0.05, 0.1) is 11.1 Å². The topological polar surface area (TPSA) is 105 Å². The molecule has 5 heterocycles. The Kier molecular flexibility index (Phi) is 3.59. The first-order valence-corrected chi connectivity index (χ1v) is 9.02. The van der Waals surface area contributed by atoms with Crippen molar-refractivity contribution in [1.29, 1.82) is 0 Å². The lowest BCUT2D eigenvalue weighted by Gasteiger charge is -2.27. The molecule has 0 spiro atoms. The third-order valence-corrected chi connectivity index (χ3v) is 5.09. The van der Waals surface area contributed by atoms with Crippen LogP contribution in [0.5, 0.6) is 0 Å². The van der Waals surface area contributed by atoms with Crippen LogP contribution in [0.3, 0.4) is 0 Å². The molecule has 0 aliphatic carbocycles. The van der Waals surface area contributed by atoms with E-state index in [2.05, 4.69) is 34.9 Å². The smallest absolute Gasteiger partial charge is 0.262 e. The maximum atomic E-state index is 12.9. The van der Waals surface area contributed by atoms with Crippen LogP contribution in [-0.2, 0) is 0 Å². The number of aromatic amines is 1. The van der Waals surface area contributed by atoms with Gasteiger partial charge in [0.2, 0.25) is 5.95 Å². The average Bonchev–Trinajstić information content (AvgIpc) is 3.18. The molecule has 9 nitrogen and oxygen atoms in total. The zero-order valence-electron chi connectivity index (χ0n) is 14.9. The van der Waals surface area contributed by atoms with Crippen LogP contribution in [0.25, 0.3) is 27.9 Å². The molecule has 1 N–H and O–H groups in total. The molecule has 4 aromatic rings. The number of nitrogens with one attached hydrogen (secondary N) is 1. The molecule has 4 aromatic heterocycles. The predicted molar refractivity (Wildman–Crippen MR) is 101 cm³/mol. The summed E-state index contributed by atoms with van der Waals surface area (Å²) in [7, 11) is 0. The van der Waals surface area contributed by atoms with Gasteiger partial charge in [-0.2, -0.15) is 15.1 Å². The Labute approximate surface area is 154 Å². The van der Waals surface area contributed by atoms with Crippen LogP contribution in [0, 0.1) is 6.92 Å². The third-order valence-electron chi connectivity index (χ3n) is 5.09. The van der Waals surface area contributed by atoms with E-state index in [1.807, 2.05) is 13.0 Å². The molecular formula is C18H18N8O. The van der Waals surface area contributed by atoms with Crippen LogP contribution >= 0.6 is 0 Å². The van der Waals surface area contributed by atoms with Crippen molar-refractivity contribution in [2.45, 2.75) is 26.2 Å². The van der Waals surface area contributed by atoms with E-state index in [0.29, 0.717) is 22.8 Å². The molecular weight excluding hydrogens is 344 g/mol. The summed E-state index contributed by atoms with van der Waals surface area (Å²) in [6.07, 6.45) is 8.29. The monoisotopic (exact) mass is 362 g/mol. The Hall–Kier alpha value is -3.36. The zero-order chi connectivity index (χ0) is 18.4. The largest absolute Gasteiger partial charge is 0.342 e. The summed E-state index contributed by atoms with van der Waals surface area (Å²) in [6.45, 7) is 3.73. The van der Waals surface area contributed by atoms with E-state index in [0.717, 1.165) is 42.8 Å². The molecule has 0 amide bonds. The van der Waals surface area contributed by atoms with Crippen molar-refractivity contribution >= 4 is 22.8 Å². The molecule has 0 bridgehead atoms. The van der Waals surface area contributed by atoms with Crippen LogP contribution < -0.4 is 10.5 Å². The van der Waals surface area contributed by atoms with Crippen molar-refractivity contribution in [2.75, 3.05) is 18.0 Å². The lowest BCUT2D eigenvalue weighted by Crippen LogP contribution is -2.32. The Morgan fingerprint density at radius 3 is 2.78 bits per heavy atom. The fraction of sp³-hybridized carbons (Fsp3) is 0.333. The molecule has 0 unspecified atom stereocenters. The van der Waals surface area contributed by atoms with E-state index < -0.39 is 0 Å². The first kappa shape index (κ1) is 15.9. The highest BCUT2D eigenvalue weighted by molar-refractivity contribution is 5.92. The number of fused-ring (bicyclic) bond motifs is 2. The Bertz CT molecular complexity index is 1210. The summed E-state index contributed by atoms with van der Waals surface area (Å²) < 4.78 is 1.66. The van der Waals surface area contributed by atoms with Gasteiger partial charge in [0, 0.05) is 36.6 Å². The van der Waals surface area contributed by atoms with Crippen LogP contribution in [0.4, 0.5) is 5.95 Å². The normalized spacial score (nSPS) is 14.9. The Morgan fingerprint density at radius 2 is 1.93 bits per heavy atom. The number of hydrogen-bond acceptors (Lipinski definition) is 7. The van der Waals surface area contributed by atoms with E-state index in [4.69, 9.17) is 0 Å². The highest BCUT2D eigenvalue weighted by Gasteiger charge is 2.18. The van der Waals surface area contributed by atoms with Gasteiger partial charge in [-0.3, -0.25) is 9.78 Å². The van der Waals surface area contributed by atoms with Crippen LogP contribution in [0.1, 0.15) is 25.0 Å². The van der Waals surface area contributed by atoms with E-state index in [1.165, 1.54) is 12.7 Å². The molecule has 1 aliphatic heterocycles. The molecule has 5 rings (SSSR count). The first-order chi connectivity index (χ1) is 13.2. The Balaban J connectivity index is 1.71. The van der Waals surface area contributed by atoms with Gasteiger partial charge in [0.1, 0.15) is 6.33 Å². The minimum Gasteiger partial charge on any atom is -0.342 e. The number of piperidine rings is 1. The molecule has 0 radical (unpaired) electrons. The van der Waals surface area contributed by atoms with Gasteiger partial charge in [-0.05, 0) is 32.3 Å². The van der Waals surface area contributed by atoms with Gasteiger partial charge in [-0.15, -0.1) is 0 Å². The van der Waals surface area contributed by atoms with Gasteiger partial charge in [-0.1, -0.05) is 0 Å². The number of aromatic nitrogens is 7. The second kappa shape index (κ2) is 6.11. The highest BCUT2D eigenvalue weighted by atomic mass is 16.1. The standard InChI is InChI=1S/C18H18N8O/c1-11-13(9-20-17-21-10-22-26(11)17)12-5-6-19-15-14(12)16(27)24-18(23-15)25-7-3-2-4-8-25/h5-6,9-10H,2-4,7-8H2,1H3,(H,19,23,24,27). The highest BCUT2D eigenvalue weighted by Crippen LogP contribution is 2.27. The summed E-state index contributed by atoms with van der Waals surface area (Å²) in [6, 6.07) is 1.81. The number of rotatable bonds is 2. The zero-order valence-corrected chi connectivity index (χ0v) is 14.9. The van der Waals surface area contributed by atoms with Gasteiger partial charge in [-0.25, -0.2) is 14.5 Å². The molecule has 1 aliphatic rings. The Morgan fingerprint density at radius 1 is 1.07 bits per heavy atom. The van der Waals surface area contributed by atoms with E-state index in [1.54, 1.807) is 16.9 Å². The molecule has 1 saturated heterocycles. The maximum Gasteiger partial charge on any atom is 0.262 e. The van der Waals surface area contributed by atoms with Gasteiger partial charge >= 0.3 is 0 Å². The third kappa shape index (κ3) is 2.54. The number of hydrogen-bond donors (Lipinski definition) is 1. The van der Waals surface area contributed by atoms with Crippen LogP contribution in [0.2, 0.25) is 0 Å². The minimum atomic E-state index is -0.193. The van der Waals surface area contributed by atoms with Crippen molar-refractivity contribution in [3.05, 3.63) is 40.8 Å². The lowest BCUT2D eigenvalue weighted by molar-refractivity contribution is 0.568. The fourth-order valence-electron chi connectivity index (χ4n) is 3.69. The molecule has 136 valence electrons. The quantitative estimate of drug-likeness (QED) is 0.579. The summed E-state index contributed by atoms with van der Waals surface area (Å²) in [5.74, 6) is 1.12. The van der Waals surface area contributed by atoms with E-state index in [-0.39, 0.29) is 5.56 Å². The van der Waals surface area contributed by atoms with Crippen molar-refractivity contribution in [2.24, 2.45) is 0 Å². The van der Waals surface area contributed by atoms with Crippen molar-refractivity contribution in [3.8, 4) is 11.1 Å². The van der Waals surface area contributed by atoms with Gasteiger partial charge in [0.15, 0.2) is 5.65 Å². The number of H-pyrrole nitrogens is 1. The molecule has 0 atom stereocenters. The van der Waals surface area contributed by atoms with Crippen molar-refractivity contribution in [1.82, 2.24) is 34.5 Å². The molecule has 0 aromatic carbocycles. The second-order valence-corrected chi connectivity index (χ2v) is 6.72. The predicted octanol–water partition coefficient (Wildman–Crippen LogP) is 1.72. The number of pyridine rings is 1. The van der Waals surface area contributed by atoms with E-state index in [9.17, 15) is 4.79 Å². The fourth-order valence-corrected chi connectivity index (χ4v) is 3.69. The molecule has 0 saturated carbocycles. The van der Waals surface area contributed by atoms with Crippen molar-refractivity contribution in [3.63, 3.8) is 0 Å². The number of nitrogens with zero attached hydrogens (tertiary/aromatic N) is 7. The summed E-state index contributed by atoms with van der Waals surface area (Å²) in [5.41, 5.74) is 2.64. The first-order valence-electron chi connectivity index (χ1n) is 9.02. The van der Waals surface area contributed by atoms with Crippen molar-refractivity contribution < 1.29 is 0 Å². The van der Waals surface area contributed by atoms with Gasteiger partial charge in [0.25, 0.3) is 11.3 Å². The van der Waals surface area contributed by atoms with E-state index >= 15 is 0 Å². The van der Waals surface area contributed by atoms with Gasteiger partial charge < -0.3 is 4.90 Å². The minimum absolute atomic E-state index is 0.193. The summed E-state index contributed by atoms with van der Waals surface area (Å²) in [4.78, 5) is 35.4. The second-order valence-electron chi connectivity index (χ2n) is 6.72. The summed E-state index contributed by atoms with van der Waals surface area (Å²) in [5, 5.41) is 4.66. The van der Waals surface area contributed by atoms with Crippen LogP contribution in [-0.4, -0.2) is 47.6 Å². The summed E-state index contributed by atoms with van der Waals surface area (Å²) >= 11 is 0. The SMILES string of the molecule is Cc1c(-c2ccnc3nc(N4CCCCC4)[nH]c(=O)c23)cnc2ncnn12. The maximum absolute atomic E-state index is 12.9. The van der Waals surface area contributed by atoms with Crippen LogP contribution in [0.15, 0.2) is 29.6 Å². The molecule has 27 heavy (non-hydrogen) atoms. The number of aryl methyl sites for hydroxylation is 1. The number of anilines is 1. The average molecular weight is 362 g/mol. The lowest BCUT2D eigenvalue weighted by atomic mass is 10.0. The molecule has 9 heteroatoms. The molecule has 1 fully saturated rings.